The fourth-order valence-electron chi connectivity index (χ4n) is 7.38. The van der Waals surface area contributed by atoms with E-state index in [0.717, 1.165) is 68.7 Å². The van der Waals surface area contributed by atoms with Crippen molar-refractivity contribution in [2.75, 3.05) is 13.1 Å². The van der Waals surface area contributed by atoms with Crippen molar-refractivity contribution < 1.29 is 9.90 Å². The fraction of sp³-hybridized carbons (Fsp3) is 0.262. The van der Waals surface area contributed by atoms with Gasteiger partial charge in [-0.3, -0.25) is 28.5 Å². The Morgan fingerprint density at radius 3 is 1.61 bits per heavy atom. The van der Waals surface area contributed by atoms with Crippen molar-refractivity contribution in [3.8, 4) is 33.8 Å². The predicted octanol–water partition coefficient (Wildman–Crippen LogP) is 6.04. The number of nitrogens with zero attached hydrogens (tertiary/aromatic N) is 10. The van der Waals surface area contributed by atoms with Crippen LogP contribution < -0.4 is 0 Å². The van der Waals surface area contributed by atoms with Crippen molar-refractivity contribution >= 4 is 5.97 Å². The number of carboxylic acids is 1. The Morgan fingerprint density at radius 2 is 1.13 bits per heavy atom. The fourth-order valence-corrected chi connectivity index (χ4v) is 7.38. The van der Waals surface area contributed by atoms with Gasteiger partial charge in [-0.25, -0.2) is 4.79 Å². The molecule has 0 amide bonds. The van der Waals surface area contributed by atoms with Crippen LogP contribution in [0.5, 0.6) is 0 Å². The van der Waals surface area contributed by atoms with Gasteiger partial charge in [-0.15, -0.1) is 0 Å². The summed E-state index contributed by atoms with van der Waals surface area (Å²) in [5, 5.41) is 29.4. The van der Waals surface area contributed by atoms with Crippen LogP contribution in [-0.2, 0) is 60.3 Å². The molecule has 3 aromatic carbocycles. The zero-order valence-corrected chi connectivity index (χ0v) is 30.9. The lowest BCUT2D eigenvalue weighted by Crippen LogP contribution is -2.33. The third kappa shape index (κ3) is 7.39. The monoisotopic (exact) mass is 720 g/mol. The highest BCUT2D eigenvalue weighted by atomic mass is 16.4. The van der Waals surface area contributed by atoms with Gasteiger partial charge in [-0.2, -0.15) is 20.4 Å². The molecule has 0 aliphatic carbocycles. The van der Waals surface area contributed by atoms with Crippen LogP contribution in [0.15, 0.2) is 109 Å². The van der Waals surface area contributed by atoms with Gasteiger partial charge in [0.25, 0.3) is 0 Å². The van der Waals surface area contributed by atoms with E-state index < -0.39 is 5.97 Å². The van der Waals surface area contributed by atoms with Crippen molar-refractivity contribution in [1.82, 2.24) is 48.9 Å². The van der Waals surface area contributed by atoms with Gasteiger partial charge < -0.3 is 5.11 Å². The molecule has 1 N–H and O–H groups in total. The maximum atomic E-state index is 12.4. The van der Waals surface area contributed by atoms with E-state index in [9.17, 15) is 9.90 Å². The molecular weight excluding hydrogens is 677 g/mol. The number of benzene rings is 3. The van der Waals surface area contributed by atoms with E-state index in [1.165, 1.54) is 0 Å². The Bertz CT molecular complexity index is 2290. The first-order valence-corrected chi connectivity index (χ1v) is 18.3. The Morgan fingerprint density at radius 1 is 0.667 bits per heavy atom. The first kappa shape index (κ1) is 34.9. The molecule has 54 heavy (non-hydrogen) atoms. The smallest absolute Gasteiger partial charge is 0.356 e. The summed E-state index contributed by atoms with van der Waals surface area (Å²) >= 11 is 0. The molecule has 0 unspecified atom stereocenters. The Kier molecular flexibility index (Phi) is 9.77. The number of rotatable bonds is 13. The summed E-state index contributed by atoms with van der Waals surface area (Å²) in [6, 6.07) is 37.1. The van der Waals surface area contributed by atoms with Crippen LogP contribution in [0.25, 0.3) is 33.8 Å². The van der Waals surface area contributed by atoms with E-state index in [1.54, 1.807) is 0 Å². The van der Waals surface area contributed by atoms with Gasteiger partial charge in [-0.1, -0.05) is 91.0 Å². The van der Waals surface area contributed by atoms with E-state index in [2.05, 4.69) is 64.4 Å². The van der Waals surface area contributed by atoms with Crippen molar-refractivity contribution in [3.63, 3.8) is 0 Å². The highest BCUT2D eigenvalue weighted by Gasteiger charge is 2.29. The number of aromatic nitrogens is 8. The molecule has 5 heterocycles. The first-order valence-electron chi connectivity index (χ1n) is 18.3. The molecule has 7 aromatic rings. The topological polar surface area (TPSA) is 115 Å². The number of hydrogen-bond donors (Lipinski definition) is 1. The lowest BCUT2D eigenvalue weighted by molar-refractivity contribution is 0.0687. The maximum Gasteiger partial charge on any atom is 0.356 e. The minimum absolute atomic E-state index is 0.154. The summed E-state index contributed by atoms with van der Waals surface area (Å²) in [6.07, 6.45) is 0.624. The number of aryl methyl sites for hydroxylation is 3. The zero-order chi connectivity index (χ0) is 37.2. The SMILES string of the molecule is Cn1nc(-c2ccccc2)cc1CN(CCn1nc(C(=O)O)c2c1CN(Cc1cc(-c3ccccc3)nn1C)CC2)Cc1cc(-c2ccccc2)nn1C. The average molecular weight is 721 g/mol. The van der Waals surface area contributed by atoms with Gasteiger partial charge in [0.1, 0.15) is 0 Å². The standard InChI is InChI=1S/C42H44N10O2/c1-47-33(23-37(43-47)30-13-7-4-8-14-30)26-50-20-19-36-40(29-50)52(46-41(36)42(53)54)22-21-51(27-34-24-38(44-48(34)2)31-15-9-5-10-16-31)28-35-25-39(45-49(35)3)32-17-11-6-12-18-32/h4-18,23-25H,19-22,26-29H2,1-3H3,(H,53,54). The maximum absolute atomic E-state index is 12.4. The van der Waals surface area contributed by atoms with Crippen LogP contribution in [0.3, 0.4) is 0 Å². The van der Waals surface area contributed by atoms with E-state index >= 15 is 0 Å². The van der Waals surface area contributed by atoms with Gasteiger partial charge in [0.05, 0.1) is 46.4 Å². The van der Waals surface area contributed by atoms with Crippen LogP contribution >= 0.6 is 0 Å². The van der Waals surface area contributed by atoms with E-state index in [4.69, 9.17) is 20.4 Å². The molecule has 0 spiro atoms. The molecule has 1 aliphatic heterocycles. The number of carbonyl (C=O) groups is 1. The summed E-state index contributed by atoms with van der Waals surface area (Å²) in [6.45, 7) is 4.47. The number of aromatic carboxylic acids is 1. The summed E-state index contributed by atoms with van der Waals surface area (Å²) < 4.78 is 7.77. The van der Waals surface area contributed by atoms with Crippen molar-refractivity contribution in [3.05, 3.63) is 143 Å². The van der Waals surface area contributed by atoms with Crippen molar-refractivity contribution in [2.45, 2.75) is 39.1 Å². The van der Waals surface area contributed by atoms with Crippen LogP contribution in [0.4, 0.5) is 0 Å². The highest BCUT2D eigenvalue weighted by Crippen LogP contribution is 2.27. The van der Waals surface area contributed by atoms with Gasteiger partial charge in [0.2, 0.25) is 0 Å². The van der Waals surface area contributed by atoms with Gasteiger partial charge >= 0.3 is 5.97 Å². The third-order valence-corrected chi connectivity index (χ3v) is 10.3. The quantitative estimate of drug-likeness (QED) is 0.153. The molecule has 12 heteroatoms. The average Bonchev–Trinajstić information content (AvgIpc) is 3.96. The molecule has 12 nitrogen and oxygen atoms in total. The Labute approximate surface area is 314 Å². The third-order valence-electron chi connectivity index (χ3n) is 10.3. The largest absolute Gasteiger partial charge is 0.476 e. The second kappa shape index (κ2) is 15.1. The molecule has 0 saturated heterocycles. The van der Waals surface area contributed by atoms with Gasteiger partial charge in [-0.05, 0) is 24.6 Å². The predicted molar refractivity (Wildman–Crippen MR) is 207 cm³/mol. The summed E-state index contributed by atoms with van der Waals surface area (Å²) in [4.78, 5) is 17.2. The number of fused-ring (bicyclic) bond motifs is 1. The second-order valence-electron chi connectivity index (χ2n) is 14.0. The lowest BCUT2D eigenvalue weighted by Gasteiger charge is -2.28. The van der Waals surface area contributed by atoms with Gasteiger partial charge in [0, 0.05) is 82.7 Å². The molecule has 1 aliphatic rings. The molecule has 4 aromatic heterocycles. The Balaban J connectivity index is 1.05. The number of carboxylic acid groups (broad SMARTS) is 1. The second-order valence-corrected chi connectivity index (χ2v) is 14.0. The summed E-state index contributed by atoms with van der Waals surface area (Å²) in [5.74, 6) is -0.985. The highest BCUT2D eigenvalue weighted by molar-refractivity contribution is 5.87. The zero-order valence-electron chi connectivity index (χ0n) is 30.9. The molecule has 0 saturated carbocycles. The normalized spacial score (nSPS) is 13.1. The molecule has 0 radical (unpaired) electrons. The van der Waals surface area contributed by atoms with E-state index in [-0.39, 0.29) is 5.69 Å². The molecule has 0 atom stereocenters. The lowest BCUT2D eigenvalue weighted by atomic mass is 10.0. The minimum atomic E-state index is -0.985. The first-order chi connectivity index (χ1) is 26.3. The van der Waals surface area contributed by atoms with Crippen LogP contribution in [0.1, 0.15) is 38.8 Å². The van der Waals surface area contributed by atoms with Crippen molar-refractivity contribution in [1.29, 1.82) is 0 Å². The molecule has 8 rings (SSSR count). The molecular formula is C42H44N10O2. The number of hydrogen-bond acceptors (Lipinski definition) is 7. The van der Waals surface area contributed by atoms with E-state index in [0.29, 0.717) is 45.7 Å². The van der Waals surface area contributed by atoms with Crippen molar-refractivity contribution in [2.24, 2.45) is 21.1 Å². The Hall–Kier alpha value is -6.11. The van der Waals surface area contributed by atoms with Crippen LogP contribution in [0.2, 0.25) is 0 Å². The molecule has 0 bridgehead atoms. The summed E-state index contributed by atoms with van der Waals surface area (Å²) in [7, 11) is 5.95. The summed E-state index contributed by atoms with van der Waals surface area (Å²) in [5.41, 5.74) is 11.2. The molecule has 0 fully saturated rings. The molecule has 274 valence electrons. The van der Waals surface area contributed by atoms with Crippen LogP contribution in [-0.4, -0.2) is 73.1 Å². The minimum Gasteiger partial charge on any atom is -0.476 e. The van der Waals surface area contributed by atoms with E-state index in [1.807, 2.05) is 94.5 Å². The van der Waals surface area contributed by atoms with Gasteiger partial charge in [0.15, 0.2) is 5.69 Å². The van der Waals surface area contributed by atoms with Crippen LogP contribution in [0, 0.1) is 0 Å².